The van der Waals surface area contributed by atoms with E-state index < -0.39 is 11.7 Å². The van der Waals surface area contributed by atoms with E-state index in [1.807, 2.05) is 26.0 Å². The van der Waals surface area contributed by atoms with Crippen molar-refractivity contribution in [3.8, 4) is 11.8 Å². The van der Waals surface area contributed by atoms with Crippen LogP contribution in [-0.2, 0) is 4.79 Å². The van der Waals surface area contributed by atoms with E-state index in [1.165, 1.54) is 35.4 Å². The van der Waals surface area contributed by atoms with Gasteiger partial charge in [0.15, 0.2) is 0 Å². The summed E-state index contributed by atoms with van der Waals surface area (Å²) in [6.45, 7) is 8.09. The van der Waals surface area contributed by atoms with Crippen molar-refractivity contribution in [3.05, 3.63) is 88.0 Å². The van der Waals surface area contributed by atoms with Crippen LogP contribution in [0.5, 0.6) is 0 Å². The van der Waals surface area contributed by atoms with E-state index in [0.29, 0.717) is 5.69 Å². The molecule has 5 heteroatoms. The number of anilines is 1. The normalized spacial score (nSPS) is 11.2. The molecule has 0 fully saturated rings. The predicted octanol–water partition coefficient (Wildman–Crippen LogP) is 5.40. The molecule has 4 nitrogen and oxygen atoms in total. The van der Waals surface area contributed by atoms with Gasteiger partial charge < -0.3 is 9.88 Å². The van der Waals surface area contributed by atoms with Crippen LogP contribution in [-0.4, -0.2) is 10.5 Å². The fourth-order valence-corrected chi connectivity index (χ4v) is 3.23. The second kappa shape index (κ2) is 8.15. The van der Waals surface area contributed by atoms with E-state index >= 15 is 0 Å². The van der Waals surface area contributed by atoms with E-state index in [9.17, 15) is 14.4 Å². The molecule has 0 saturated carbocycles. The molecule has 0 radical (unpaired) electrons. The molecule has 2 aromatic carbocycles. The zero-order chi connectivity index (χ0) is 21.1. The van der Waals surface area contributed by atoms with Gasteiger partial charge in [0.1, 0.15) is 17.5 Å². The van der Waals surface area contributed by atoms with Crippen LogP contribution < -0.4 is 5.32 Å². The number of halogens is 1. The Morgan fingerprint density at radius 1 is 1.03 bits per heavy atom. The van der Waals surface area contributed by atoms with E-state index in [0.717, 1.165) is 22.6 Å². The summed E-state index contributed by atoms with van der Waals surface area (Å²) < 4.78 is 15.1. The Bertz CT molecular complexity index is 1150. The minimum atomic E-state index is -0.532. The average molecular weight is 387 g/mol. The van der Waals surface area contributed by atoms with Gasteiger partial charge >= 0.3 is 0 Å². The first-order valence-corrected chi connectivity index (χ1v) is 9.25. The SMILES string of the molecule is Cc1ccc(-n2c(C)cc(/C=C(\C#N)C(=O)Nc3ccc(F)cc3)c2C)cc1C. The molecule has 1 N–H and O–H groups in total. The highest BCUT2D eigenvalue weighted by Gasteiger charge is 2.14. The summed E-state index contributed by atoms with van der Waals surface area (Å²) in [6.07, 6.45) is 1.58. The third-order valence-corrected chi connectivity index (χ3v) is 4.99. The molecule has 0 aliphatic rings. The molecule has 0 aliphatic heterocycles. The fraction of sp³-hybridized carbons (Fsp3) is 0.167. The summed E-state index contributed by atoms with van der Waals surface area (Å²) in [4.78, 5) is 12.5. The van der Waals surface area contributed by atoms with E-state index in [-0.39, 0.29) is 5.57 Å². The number of aromatic nitrogens is 1. The summed E-state index contributed by atoms with van der Waals surface area (Å²) in [6, 6.07) is 15.6. The van der Waals surface area contributed by atoms with Crippen molar-refractivity contribution in [2.24, 2.45) is 0 Å². The van der Waals surface area contributed by atoms with Gasteiger partial charge in [0.25, 0.3) is 5.91 Å². The molecule has 1 aromatic heterocycles. The molecule has 1 amide bonds. The van der Waals surface area contributed by atoms with E-state index in [2.05, 4.69) is 41.9 Å². The highest BCUT2D eigenvalue weighted by Crippen LogP contribution is 2.24. The maximum atomic E-state index is 13.0. The van der Waals surface area contributed by atoms with Gasteiger partial charge in [0.2, 0.25) is 0 Å². The van der Waals surface area contributed by atoms with Crippen molar-refractivity contribution < 1.29 is 9.18 Å². The number of amides is 1. The molecule has 146 valence electrons. The first-order valence-electron chi connectivity index (χ1n) is 9.25. The topological polar surface area (TPSA) is 57.8 Å². The number of carbonyl (C=O) groups is 1. The van der Waals surface area contributed by atoms with Gasteiger partial charge in [-0.05, 0) is 92.9 Å². The summed E-state index contributed by atoms with van der Waals surface area (Å²) in [5.74, 6) is -0.923. The largest absolute Gasteiger partial charge is 0.321 e. The number of nitriles is 1. The zero-order valence-electron chi connectivity index (χ0n) is 16.9. The van der Waals surface area contributed by atoms with Crippen LogP contribution in [0, 0.1) is 44.8 Å². The lowest BCUT2D eigenvalue weighted by molar-refractivity contribution is -0.112. The van der Waals surface area contributed by atoms with Crippen LogP contribution in [0.2, 0.25) is 0 Å². The highest BCUT2D eigenvalue weighted by molar-refractivity contribution is 6.09. The number of carbonyl (C=O) groups excluding carboxylic acids is 1. The first kappa shape index (κ1) is 20.1. The maximum Gasteiger partial charge on any atom is 0.266 e. The fourth-order valence-electron chi connectivity index (χ4n) is 3.23. The number of aryl methyl sites for hydroxylation is 3. The monoisotopic (exact) mass is 387 g/mol. The summed E-state index contributed by atoms with van der Waals surface area (Å²) >= 11 is 0. The molecule has 1 heterocycles. The van der Waals surface area contributed by atoms with Crippen LogP contribution in [0.4, 0.5) is 10.1 Å². The number of benzene rings is 2. The van der Waals surface area contributed by atoms with Crippen LogP contribution >= 0.6 is 0 Å². The van der Waals surface area contributed by atoms with Crippen molar-refractivity contribution in [1.29, 1.82) is 5.26 Å². The quantitative estimate of drug-likeness (QED) is 0.482. The van der Waals surface area contributed by atoms with Crippen molar-refractivity contribution in [2.45, 2.75) is 27.7 Å². The Balaban J connectivity index is 1.94. The number of nitrogens with zero attached hydrogens (tertiary/aromatic N) is 2. The molecule has 0 saturated heterocycles. The smallest absolute Gasteiger partial charge is 0.266 e. The average Bonchev–Trinajstić information content (AvgIpc) is 2.97. The second-order valence-electron chi connectivity index (χ2n) is 7.06. The van der Waals surface area contributed by atoms with E-state index in [4.69, 9.17) is 0 Å². The van der Waals surface area contributed by atoms with Crippen molar-refractivity contribution in [1.82, 2.24) is 4.57 Å². The van der Waals surface area contributed by atoms with E-state index in [1.54, 1.807) is 6.08 Å². The molecule has 0 aliphatic carbocycles. The third-order valence-electron chi connectivity index (χ3n) is 4.99. The van der Waals surface area contributed by atoms with Crippen molar-refractivity contribution in [2.75, 3.05) is 5.32 Å². The van der Waals surface area contributed by atoms with Crippen LogP contribution in [0.25, 0.3) is 11.8 Å². The number of rotatable bonds is 4. The molecular formula is C24H22FN3O. The predicted molar refractivity (Wildman–Crippen MR) is 113 cm³/mol. The summed E-state index contributed by atoms with van der Waals surface area (Å²) in [5.41, 5.74) is 6.61. The van der Waals surface area contributed by atoms with Gasteiger partial charge in [-0.2, -0.15) is 5.26 Å². The van der Waals surface area contributed by atoms with Crippen molar-refractivity contribution in [3.63, 3.8) is 0 Å². The Morgan fingerprint density at radius 3 is 2.34 bits per heavy atom. The summed E-state index contributed by atoms with van der Waals surface area (Å²) in [5, 5.41) is 12.1. The minimum Gasteiger partial charge on any atom is -0.321 e. The standard InChI is InChI=1S/C24H22FN3O/c1-15-5-10-23(11-16(15)2)28-17(3)12-19(18(28)4)13-20(14-26)24(29)27-22-8-6-21(25)7-9-22/h5-13H,1-4H3,(H,27,29)/b20-13+. The van der Waals surface area contributed by atoms with Crippen molar-refractivity contribution >= 4 is 17.7 Å². The molecule has 3 aromatic rings. The first-order chi connectivity index (χ1) is 13.8. The lowest BCUT2D eigenvalue weighted by atomic mass is 10.1. The second-order valence-corrected chi connectivity index (χ2v) is 7.06. The molecule has 0 unspecified atom stereocenters. The van der Waals surface area contributed by atoms with Gasteiger partial charge in [0.05, 0.1) is 0 Å². The lowest BCUT2D eigenvalue weighted by Gasteiger charge is -2.12. The van der Waals surface area contributed by atoms with Crippen LogP contribution in [0.15, 0.2) is 54.1 Å². The van der Waals surface area contributed by atoms with Gasteiger partial charge in [-0.25, -0.2) is 4.39 Å². The number of hydrogen-bond acceptors (Lipinski definition) is 2. The molecule has 29 heavy (non-hydrogen) atoms. The molecular weight excluding hydrogens is 365 g/mol. The molecule has 0 spiro atoms. The van der Waals surface area contributed by atoms with Gasteiger partial charge in [-0.15, -0.1) is 0 Å². The summed E-state index contributed by atoms with van der Waals surface area (Å²) in [7, 11) is 0. The van der Waals surface area contributed by atoms with Gasteiger partial charge in [0, 0.05) is 22.8 Å². The minimum absolute atomic E-state index is 0.0188. The molecule has 0 bridgehead atoms. The maximum absolute atomic E-state index is 13.0. The van der Waals surface area contributed by atoms with Gasteiger partial charge in [-0.1, -0.05) is 6.07 Å². The Labute approximate surface area is 169 Å². The Kier molecular flexibility index (Phi) is 5.65. The number of hydrogen-bond donors (Lipinski definition) is 1. The lowest BCUT2D eigenvalue weighted by Crippen LogP contribution is -2.13. The third kappa shape index (κ3) is 4.27. The molecule has 3 rings (SSSR count). The zero-order valence-corrected chi connectivity index (χ0v) is 16.9. The van der Waals surface area contributed by atoms with Gasteiger partial charge in [-0.3, -0.25) is 4.79 Å². The highest BCUT2D eigenvalue weighted by atomic mass is 19.1. The Hall–Kier alpha value is -3.65. The van der Waals surface area contributed by atoms with Crippen LogP contribution in [0.1, 0.15) is 28.1 Å². The van der Waals surface area contributed by atoms with Crippen LogP contribution in [0.3, 0.4) is 0 Å². The number of nitrogens with one attached hydrogen (secondary N) is 1. The molecule has 0 atom stereocenters. The Morgan fingerprint density at radius 2 is 1.72 bits per heavy atom.